The Bertz CT molecular complexity index is 537. The van der Waals surface area contributed by atoms with Crippen LogP contribution in [-0.4, -0.2) is 50.0 Å². The van der Waals surface area contributed by atoms with Gasteiger partial charge in [0.05, 0.1) is 13.6 Å². The van der Waals surface area contributed by atoms with Crippen LogP contribution in [0, 0.1) is 0 Å². The highest BCUT2D eigenvalue weighted by atomic mass is 28.4. The van der Waals surface area contributed by atoms with Gasteiger partial charge in [0.15, 0.2) is 0 Å². The first kappa shape index (κ1) is 18.6. The number of ether oxygens (including phenoxy) is 2. The predicted molar refractivity (Wildman–Crippen MR) is 112 cm³/mol. The lowest BCUT2D eigenvalue weighted by molar-refractivity contribution is -0.00551. The van der Waals surface area contributed by atoms with Gasteiger partial charge in [-0.2, -0.15) is 0 Å². The van der Waals surface area contributed by atoms with Crippen LogP contribution in [0.3, 0.4) is 0 Å². The standard InChI is InChI=1S/C19H34O2Si3/c1-23(2)19(14-8-10-16-21-19)24(3,17-11-5-4-6-12-17)18(22)13-7-9-15-20-18/h4-6,11-12,23H,7-10,13-16H2,1-3,22H3. The second kappa shape index (κ2) is 7.19. The summed E-state index contributed by atoms with van der Waals surface area (Å²) in [4.78, 5) is 0.271. The lowest BCUT2D eigenvalue weighted by Gasteiger charge is -2.60. The molecule has 134 valence electrons. The fourth-order valence-electron chi connectivity index (χ4n) is 5.34. The zero-order valence-corrected chi connectivity index (χ0v) is 20.1. The molecule has 2 nitrogen and oxygen atoms in total. The first-order valence-corrected chi connectivity index (χ1v) is 16.2. The third-order valence-corrected chi connectivity index (χ3v) is 22.6. The summed E-state index contributed by atoms with van der Waals surface area (Å²) >= 11 is 0. The third-order valence-electron chi connectivity index (χ3n) is 6.96. The quantitative estimate of drug-likeness (QED) is 0.748. The molecule has 1 aromatic rings. The normalized spacial score (nSPS) is 34.2. The van der Waals surface area contributed by atoms with Gasteiger partial charge in [0.1, 0.15) is 8.07 Å². The predicted octanol–water partition coefficient (Wildman–Crippen LogP) is 2.28. The highest BCUT2D eigenvalue weighted by Crippen LogP contribution is 2.44. The molecule has 3 atom stereocenters. The fraction of sp³-hybridized carbons (Fsp3) is 0.684. The van der Waals surface area contributed by atoms with E-state index in [0.29, 0.717) is 0 Å². The molecule has 0 bridgehead atoms. The monoisotopic (exact) mass is 378 g/mol. The Labute approximate surface area is 153 Å². The van der Waals surface area contributed by atoms with Crippen molar-refractivity contribution in [2.24, 2.45) is 0 Å². The van der Waals surface area contributed by atoms with Gasteiger partial charge in [-0.1, -0.05) is 55.2 Å². The SMILES string of the molecule is C[SiH](C)C1([Si](C)(c2ccccc2)C2([SiH3])CCCCO2)CCCCO1. The lowest BCUT2D eigenvalue weighted by atomic mass is 10.2. The summed E-state index contributed by atoms with van der Waals surface area (Å²) in [7, 11) is -1.88. The van der Waals surface area contributed by atoms with Crippen LogP contribution in [0.25, 0.3) is 0 Å². The molecule has 3 rings (SSSR count). The molecule has 0 aliphatic carbocycles. The van der Waals surface area contributed by atoms with E-state index in [-0.39, 0.29) is 9.70 Å². The highest BCUT2D eigenvalue weighted by molar-refractivity contribution is 7.06. The molecule has 2 aliphatic rings. The minimum atomic E-state index is -1.98. The van der Waals surface area contributed by atoms with Crippen molar-refractivity contribution in [3.05, 3.63) is 30.3 Å². The van der Waals surface area contributed by atoms with E-state index >= 15 is 0 Å². The average molecular weight is 379 g/mol. The number of hydrogen-bond donors (Lipinski definition) is 0. The van der Waals surface area contributed by atoms with E-state index in [1.165, 1.54) is 38.5 Å². The number of benzene rings is 1. The summed E-state index contributed by atoms with van der Waals surface area (Å²) in [5, 5.41) is 1.57. The van der Waals surface area contributed by atoms with Crippen LogP contribution in [0.2, 0.25) is 19.6 Å². The fourth-order valence-corrected chi connectivity index (χ4v) is 21.2. The van der Waals surface area contributed by atoms with Gasteiger partial charge in [-0.05, 0) is 38.5 Å². The molecule has 0 amide bonds. The van der Waals surface area contributed by atoms with E-state index in [0.717, 1.165) is 23.5 Å². The van der Waals surface area contributed by atoms with E-state index in [1.807, 2.05) is 0 Å². The van der Waals surface area contributed by atoms with Crippen LogP contribution >= 0.6 is 0 Å². The Morgan fingerprint density at radius 3 is 2.08 bits per heavy atom. The van der Waals surface area contributed by atoms with Crippen LogP contribution in [0.5, 0.6) is 0 Å². The summed E-state index contributed by atoms with van der Waals surface area (Å²) in [5.74, 6) is 0. The minimum Gasteiger partial charge on any atom is -0.382 e. The first-order valence-electron chi connectivity index (χ1n) is 9.80. The molecular formula is C19H34O2Si3. The second-order valence-corrected chi connectivity index (χ2v) is 19.5. The molecule has 3 unspecified atom stereocenters. The van der Waals surface area contributed by atoms with E-state index in [2.05, 4.69) is 50.0 Å². The number of rotatable bonds is 4. The summed E-state index contributed by atoms with van der Waals surface area (Å²) in [6, 6.07) is 11.4. The molecule has 0 saturated carbocycles. The second-order valence-electron chi connectivity index (χ2n) is 8.38. The molecular weight excluding hydrogens is 344 g/mol. The van der Waals surface area contributed by atoms with Crippen molar-refractivity contribution in [3.63, 3.8) is 0 Å². The zero-order chi connectivity index (χ0) is 17.3. The van der Waals surface area contributed by atoms with E-state index < -0.39 is 16.9 Å². The Balaban J connectivity index is 2.17. The summed E-state index contributed by atoms with van der Waals surface area (Å²) in [6.45, 7) is 9.58. The van der Waals surface area contributed by atoms with E-state index in [1.54, 1.807) is 5.19 Å². The maximum Gasteiger partial charge on any atom is 0.145 e. The van der Waals surface area contributed by atoms with E-state index in [9.17, 15) is 0 Å². The zero-order valence-electron chi connectivity index (χ0n) is 15.9. The van der Waals surface area contributed by atoms with Crippen LogP contribution < -0.4 is 5.19 Å². The molecule has 0 N–H and O–H groups in total. The Morgan fingerprint density at radius 1 is 0.958 bits per heavy atom. The Kier molecular flexibility index (Phi) is 5.57. The van der Waals surface area contributed by atoms with Crippen molar-refractivity contribution < 1.29 is 9.47 Å². The van der Waals surface area contributed by atoms with Gasteiger partial charge in [0.2, 0.25) is 0 Å². The summed E-state index contributed by atoms with van der Waals surface area (Å²) in [5.41, 5.74) is 0. The van der Waals surface area contributed by atoms with Crippen molar-refractivity contribution >= 4 is 32.3 Å². The van der Waals surface area contributed by atoms with Gasteiger partial charge in [0, 0.05) is 28.3 Å². The molecule has 2 aliphatic heterocycles. The molecule has 2 heterocycles. The van der Waals surface area contributed by atoms with Crippen molar-refractivity contribution in [1.82, 2.24) is 0 Å². The molecule has 0 aromatic heterocycles. The van der Waals surface area contributed by atoms with Crippen molar-refractivity contribution in [3.8, 4) is 0 Å². The molecule has 24 heavy (non-hydrogen) atoms. The van der Waals surface area contributed by atoms with Crippen LogP contribution in [0.1, 0.15) is 38.5 Å². The third kappa shape index (κ3) is 2.82. The topological polar surface area (TPSA) is 18.5 Å². The lowest BCUT2D eigenvalue weighted by Crippen LogP contribution is -2.82. The largest absolute Gasteiger partial charge is 0.382 e. The molecule has 0 spiro atoms. The van der Waals surface area contributed by atoms with Gasteiger partial charge in [-0.3, -0.25) is 0 Å². The van der Waals surface area contributed by atoms with Gasteiger partial charge in [-0.25, -0.2) is 0 Å². The van der Waals surface area contributed by atoms with Gasteiger partial charge < -0.3 is 9.47 Å². The molecule has 1 aromatic carbocycles. The molecule has 2 fully saturated rings. The summed E-state index contributed by atoms with van der Waals surface area (Å²) < 4.78 is 13.5. The van der Waals surface area contributed by atoms with Gasteiger partial charge >= 0.3 is 0 Å². The van der Waals surface area contributed by atoms with Gasteiger partial charge in [-0.15, -0.1) is 0 Å². The molecule has 0 radical (unpaired) electrons. The summed E-state index contributed by atoms with van der Waals surface area (Å²) in [6.07, 6.45) is 7.64. The molecule has 5 heteroatoms. The van der Waals surface area contributed by atoms with Crippen LogP contribution in [0.4, 0.5) is 0 Å². The van der Waals surface area contributed by atoms with Crippen molar-refractivity contribution in [2.75, 3.05) is 13.2 Å². The smallest absolute Gasteiger partial charge is 0.145 e. The van der Waals surface area contributed by atoms with E-state index in [4.69, 9.17) is 9.47 Å². The average Bonchev–Trinajstić information content (AvgIpc) is 2.62. The maximum absolute atomic E-state index is 6.83. The first-order chi connectivity index (χ1) is 11.5. The Morgan fingerprint density at radius 2 is 1.58 bits per heavy atom. The minimum absolute atomic E-state index is 0.126. The number of hydrogen-bond acceptors (Lipinski definition) is 2. The van der Waals surface area contributed by atoms with Crippen molar-refractivity contribution in [2.45, 2.75) is 67.9 Å². The van der Waals surface area contributed by atoms with Gasteiger partial charge in [0.25, 0.3) is 0 Å². The Hall–Kier alpha value is -0.209. The van der Waals surface area contributed by atoms with Crippen LogP contribution in [-0.2, 0) is 9.47 Å². The van der Waals surface area contributed by atoms with Crippen LogP contribution in [0.15, 0.2) is 30.3 Å². The maximum atomic E-state index is 6.83. The van der Waals surface area contributed by atoms with Crippen molar-refractivity contribution in [1.29, 1.82) is 0 Å². The molecule has 2 saturated heterocycles. The highest BCUT2D eigenvalue weighted by Gasteiger charge is 2.64.